The first-order valence-corrected chi connectivity index (χ1v) is 8.98. The molecule has 4 nitrogen and oxygen atoms in total. The van der Waals surface area contributed by atoms with Gasteiger partial charge in [-0.25, -0.2) is 0 Å². The average Bonchev–Trinajstić information content (AvgIpc) is 2.55. The first-order chi connectivity index (χ1) is 11.4. The summed E-state index contributed by atoms with van der Waals surface area (Å²) < 4.78 is 12.5. The molecule has 0 heterocycles. The predicted molar refractivity (Wildman–Crippen MR) is 109 cm³/mol. The second kappa shape index (κ2) is 8.53. The van der Waals surface area contributed by atoms with Crippen molar-refractivity contribution in [3.63, 3.8) is 0 Å². The van der Waals surface area contributed by atoms with Crippen molar-refractivity contribution < 1.29 is 14.3 Å². The van der Waals surface area contributed by atoms with E-state index < -0.39 is 0 Å². The van der Waals surface area contributed by atoms with E-state index >= 15 is 0 Å². The number of hydrogen-bond donors (Lipinski definition) is 1. The molecule has 0 saturated heterocycles. The lowest BCUT2D eigenvalue weighted by Gasteiger charge is -2.10. The minimum absolute atomic E-state index is 0.190. The van der Waals surface area contributed by atoms with Gasteiger partial charge in [0, 0.05) is 15.3 Å². The highest BCUT2D eigenvalue weighted by Crippen LogP contribution is 2.36. The Kier molecular flexibility index (Phi) is 6.68. The second-order valence-electron chi connectivity index (χ2n) is 5.02. The summed E-state index contributed by atoms with van der Waals surface area (Å²) in [5.41, 5.74) is 2.66. The van der Waals surface area contributed by atoms with Crippen LogP contribution in [0.4, 0.5) is 5.69 Å². The lowest BCUT2D eigenvalue weighted by molar-refractivity contribution is -0.111. The third-order valence-corrected chi connectivity index (χ3v) is 4.59. The molecule has 1 amide bonds. The van der Waals surface area contributed by atoms with Gasteiger partial charge in [-0.05, 0) is 93.0 Å². The molecule has 0 aliphatic heterocycles. The molecule has 2 rings (SSSR count). The topological polar surface area (TPSA) is 47.6 Å². The summed E-state index contributed by atoms with van der Waals surface area (Å²) in [4.78, 5) is 12.1. The number of anilines is 1. The van der Waals surface area contributed by atoms with Crippen LogP contribution >= 0.6 is 38.5 Å². The van der Waals surface area contributed by atoms with Crippen molar-refractivity contribution in [3.05, 3.63) is 55.6 Å². The third-order valence-electron chi connectivity index (χ3n) is 3.33. The minimum Gasteiger partial charge on any atom is -0.493 e. The van der Waals surface area contributed by atoms with E-state index in [1.54, 1.807) is 20.3 Å². The van der Waals surface area contributed by atoms with Gasteiger partial charge in [0.1, 0.15) is 0 Å². The Morgan fingerprint density at radius 2 is 1.96 bits per heavy atom. The van der Waals surface area contributed by atoms with Gasteiger partial charge < -0.3 is 14.8 Å². The Morgan fingerprint density at radius 1 is 1.21 bits per heavy atom. The molecule has 0 unspecified atom stereocenters. The van der Waals surface area contributed by atoms with Crippen LogP contribution < -0.4 is 14.8 Å². The normalized spacial score (nSPS) is 10.7. The fourth-order valence-corrected chi connectivity index (χ4v) is 3.42. The summed E-state index contributed by atoms with van der Waals surface area (Å²) in [6.45, 7) is 1.97. The maximum atomic E-state index is 12.1. The summed E-state index contributed by atoms with van der Waals surface area (Å²) in [7, 11) is 3.15. The van der Waals surface area contributed by atoms with Crippen molar-refractivity contribution in [2.24, 2.45) is 0 Å². The number of methoxy groups -OCH3 is 2. The molecule has 0 bridgehead atoms. The van der Waals surface area contributed by atoms with E-state index in [-0.39, 0.29) is 5.91 Å². The van der Waals surface area contributed by atoms with Crippen LogP contribution in [-0.4, -0.2) is 20.1 Å². The van der Waals surface area contributed by atoms with Crippen LogP contribution in [0, 0.1) is 10.5 Å². The van der Waals surface area contributed by atoms with Crippen molar-refractivity contribution in [1.82, 2.24) is 0 Å². The van der Waals surface area contributed by atoms with Crippen LogP contribution in [-0.2, 0) is 4.79 Å². The lowest BCUT2D eigenvalue weighted by atomic mass is 10.1. The predicted octanol–water partition coefficient (Wildman–Crippen LogP) is 5.03. The number of hydrogen-bond acceptors (Lipinski definition) is 3. The van der Waals surface area contributed by atoms with Gasteiger partial charge in [0.05, 0.1) is 18.7 Å². The van der Waals surface area contributed by atoms with E-state index in [9.17, 15) is 4.79 Å². The summed E-state index contributed by atoms with van der Waals surface area (Å²) in [6.07, 6.45) is 3.22. The maximum absolute atomic E-state index is 12.1. The first kappa shape index (κ1) is 18.8. The SMILES string of the molecule is COc1cc(C=CC(=O)Nc2ccc(I)cc2C)cc(Br)c1OC. The maximum Gasteiger partial charge on any atom is 0.248 e. The van der Waals surface area contributed by atoms with Gasteiger partial charge in [-0.15, -0.1) is 0 Å². The smallest absolute Gasteiger partial charge is 0.248 e. The third kappa shape index (κ3) is 4.73. The van der Waals surface area contributed by atoms with Gasteiger partial charge in [-0.3, -0.25) is 4.79 Å². The molecule has 24 heavy (non-hydrogen) atoms. The van der Waals surface area contributed by atoms with E-state index in [1.165, 1.54) is 6.08 Å². The van der Waals surface area contributed by atoms with Gasteiger partial charge >= 0.3 is 0 Å². The Hall–Kier alpha value is -1.54. The molecule has 0 saturated carbocycles. The molecular formula is C18H17BrINO3. The lowest BCUT2D eigenvalue weighted by Crippen LogP contribution is -2.08. The quantitative estimate of drug-likeness (QED) is 0.461. The number of halogens is 2. The number of nitrogens with one attached hydrogen (secondary N) is 1. The van der Waals surface area contributed by atoms with Crippen LogP contribution in [0.15, 0.2) is 40.9 Å². The molecule has 0 fully saturated rings. The summed E-state index contributed by atoms with van der Waals surface area (Å²) >= 11 is 5.68. The van der Waals surface area contributed by atoms with Crippen molar-refractivity contribution >= 4 is 56.2 Å². The molecule has 0 atom stereocenters. The fraction of sp³-hybridized carbons (Fsp3) is 0.167. The number of amides is 1. The second-order valence-corrected chi connectivity index (χ2v) is 7.12. The molecule has 126 valence electrons. The van der Waals surface area contributed by atoms with Crippen molar-refractivity contribution in [2.75, 3.05) is 19.5 Å². The largest absolute Gasteiger partial charge is 0.493 e. The van der Waals surface area contributed by atoms with Gasteiger partial charge in [0.15, 0.2) is 11.5 Å². The number of carbonyl (C=O) groups is 1. The molecular weight excluding hydrogens is 485 g/mol. The standard InChI is InChI=1S/C18H17BrINO3/c1-11-8-13(20)5-6-15(11)21-17(22)7-4-12-9-14(19)18(24-3)16(10-12)23-2/h4-10H,1-3H3,(H,21,22). The Morgan fingerprint density at radius 3 is 2.58 bits per heavy atom. The number of aryl methyl sites for hydroxylation is 1. The van der Waals surface area contributed by atoms with E-state index in [1.807, 2.05) is 37.3 Å². The van der Waals surface area contributed by atoms with Crippen LogP contribution in [0.3, 0.4) is 0 Å². The van der Waals surface area contributed by atoms with Crippen LogP contribution in [0.2, 0.25) is 0 Å². The molecule has 0 aliphatic carbocycles. The molecule has 0 aliphatic rings. The summed E-state index contributed by atoms with van der Waals surface area (Å²) in [5.74, 6) is 1.03. The van der Waals surface area contributed by atoms with Crippen molar-refractivity contribution in [1.29, 1.82) is 0 Å². The number of rotatable bonds is 5. The van der Waals surface area contributed by atoms with Gasteiger partial charge in [0.2, 0.25) is 5.91 Å². The number of ether oxygens (including phenoxy) is 2. The number of benzene rings is 2. The van der Waals surface area contributed by atoms with Gasteiger partial charge in [-0.1, -0.05) is 0 Å². The highest BCUT2D eigenvalue weighted by atomic mass is 127. The molecule has 2 aromatic rings. The Bertz CT molecular complexity index is 790. The highest BCUT2D eigenvalue weighted by molar-refractivity contribution is 14.1. The zero-order chi connectivity index (χ0) is 17.7. The fourth-order valence-electron chi connectivity index (χ4n) is 2.15. The zero-order valence-electron chi connectivity index (χ0n) is 13.5. The van der Waals surface area contributed by atoms with Crippen molar-refractivity contribution in [3.8, 4) is 11.5 Å². The van der Waals surface area contributed by atoms with E-state index in [2.05, 4.69) is 43.8 Å². The Balaban J connectivity index is 2.15. The van der Waals surface area contributed by atoms with Crippen LogP contribution in [0.25, 0.3) is 6.08 Å². The van der Waals surface area contributed by atoms with Gasteiger partial charge in [-0.2, -0.15) is 0 Å². The molecule has 6 heteroatoms. The van der Waals surface area contributed by atoms with Crippen LogP contribution in [0.1, 0.15) is 11.1 Å². The molecule has 0 spiro atoms. The molecule has 2 aromatic carbocycles. The van der Waals surface area contributed by atoms with Crippen molar-refractivity contribution in [2.45, 2.75) is 6.92 Å². The zero-order valence-corrected chi connectivity index (χ0v) is 17.3. The minimum atomic E-state index is -0.190. The average molecular weight is 502 g/mol. The van der Waals surface area contributed by atoms with E-state index in [0.29, 0.717) is 11.5 Å². The molecule has 0 radical (unpaired) electrons. The molecule has 0 aromatic heterocycles. The van der Waals surface area contributed by atoms with E-state index in [4.69, 9.17) is 9.47 Å². The monoisotopic (exact) mass is 501 g/mol. The summed E-state index contributed by atoms with van der Waals surface area (Å²) in [5, 5.41) is 2.88. The number of carbonyl (C=O) groups excluding carboxylic acids is 1. The summed E-state index contributed by atoms with van der Waals surface area (Å²) in [6, 6.07) is 9.55. The first-order valence-electron chi connectivity index (χ1n) is 7.11. The molecule has 1 N–H and O–H groups in total. The van der Waals surface area contributed by atoms with Gasteiger partial charge in [0.25, 0.3) is 0 Å². The highest BCUT2D eigenvalue weighted by Gasteiger charge is 2.09. The van der Waals surface area contributed by atoms with E-state index in [0.717, 1.165) is 24.9 Å². The Labute approximate surface area is 163 Å². The van der Waals surface area contributed by atoms with Crippen LogP contribution in [0.5, 0.6) is 11.5 Å².